The SMILES string of the molecule is C.CC(C)=O.Cc1cn(C(C)c2ccccc2)c2nc(-c3ccccc3)[nH]c(=O)c12.O=C(Cl)c1ccccc1.[C-]#[N+]/C(C#N)=C(/C)CBr.[C-]#[N+]C(C#N)=C(C)C.[C-]#[N+]C(C#N)=C(CBr)CBr.[C-]#[N+]CC#N.[C-]#[N+]c1c(C)cn(C(C)c2ccccc2)c1N.[C-]#[N+]c1c(C)cn(C(C)c2ccccc2)c1N(C(=O)c1ccccc1)C(=O)c1ccccc1.[C-]#[N+]c1c(C)cn(C(C)c2ccccc2)c1NC(=O)c1ccccc1. The number of allylic oxidation sites excluding steroid dienone is 6. The lowest BCUT2D eigenvalue weighted by molar-refractivity contribution is -0.115. The summed E-state index contributed by atoms with van der Waals surface area (Å²) in [6.45, 7) is 72.1. The average Bonchev–Trinajstić information content (AvgIpc) is 1.59. The lowest BCUT2D eigenvalue weighted by atomic mass is 10.1. The van der Waals surface area contributed by atoms with E-state index in [0.29, 0.717) is 78.0 Å². The van der Waals surface area contributed by atoms with E-state index in [1.54, 1.807) is 124 Å². The maximum absolute atomic E-state index is 13.7. The van der Waals surface area contributed by atoms with Gasteiger partial charge in [-0.3, -0.25) is 24.0 Å². The first-order valence-corrected chi connectivity index (χ1v) is 48.2. The molecule has 9 aromatic carbocycles. The number of halogens is 4. The van der Waals surface area contributed by atoms with Gasteiger partial charge in [0.05, 0.1) is 87.2 Å². The number of aryl methyl sites for hydroxylation is 4. The van der Waals surface area contributed by atoms with Gasteiger partial charge in [-0.2, -0.15) is 5.26 Å². The fourth-order valence-corrected chi connectivity index (χ4v) is 15.4. The number of nitrogen functional groups attached to an aromatic ring is 1. The molecule has 0 aliphatic heterocycles. The maximum atomic E-state index is 13.7. The topological polar surface area (TPSA) is 318 Å². The number of H-pyrrole nitrogens is 1. The van der Waals surface area contributed by atoms with E-state index in [-0.39, 0.29) is 84.0 Å². The third-order valence-electron chi connectivity index (χ3n) is 21.1. The molecule has 4 N–H and O–H groups in total. The third kappa shape index (κ3) is 35.5. The molecule has 30 heteroatoms. The number of hydrogen-bond acceptors (Lipinski definition) is 12. The first kappa shape index (κ1) is 121. The van der Waals surface area contributed by atoms with E-state index in [9.17, 15) is 28.8 Å². The first-order valence-electron chi connectivity index (χ1n) is 44.4. The zero-order valence-electron chi connectivity index (χ0n) is 82.1. The maximum Gasteiger partial charge on any atom is 0.298 e. The van der Waals surface area contributed by atoms with Crippen molar-refractivity contribution in [3.63, 3.8) is 0 Å². The molecule has 0 aliphatic carbocycles. The zero-order chi connectivity index (χ0) is 107. The number of nitrogens with zero attached hydrogens (tertiary/aromatic N) is 17. The zero-order valence-corrected chi connectivity index (χ0v) is 87.6. The standard InChI is InChI=1S/C28H23N3O2.2C21H19N3O.C14H15N3.C7H5ClO.C6H4Br2N2.C6H5BrN2.C6H6N2.C3H2N2.C3H6O.CH4/c1-20-19-30(21(2)22-13-7-4-8-14-22)26(25(20)29-3)31(27(32)23-15-9-5-10-16-23)28(33)24-17-11-6-12-18-24;1-14-13-24(15(2)16-9-5-3-6-10-16)20-18(14)21(25)23-19(22-20)17-11-7-4-8-12-17;1-15-14-24(16(2)17-10-6-4-7-11-17)20(19(15)22-3)23-21(25)18-12-8-5-9-13-18;1-10-9-17(14(15)13(10)16-3)11(2)12-7-5-4-6-8-12;8-7(9)6-4-2-1-3-5-6;1-10-6(4-9)5(2-7)3-8;1-5(3-7)6(4-8)9-2;1-5(2)6(4-7)8-3;1-5-3-2-4;1-3(2)4;/h4-19,21H,1-2H3;3-13,15H,1-2H3,(H,22,23,25);4-14,16H,1-2H3,(H,23,25);4-9,11H,15H2,1-2H3;1-5H;2-3H2;3H2,1H3;1-2H3;3H2;1-2H3;1H4/b;;;;;;6-5-;;;;. The Bertz CT molecular complexity index is 7290. The van der Waals surface area contributed by atoms with Crippen LogP contribution in [-0.4, -0.2) is 79.5 Å². The van der Waals surface area contributed by atoms with Crippen molar-refractivity contribution in [2.24, 2.45) is 0 Å². The number of anilines is 3. The quantitative estimate of drug-likeness (QED) is 0.0180. The normalized spacial score (nSPS) is 10.5. The molecule has 146 heavy (non-hydrogen) atoms. The number of carbonyl (C=O) groups is 5. The molecule has 26 nitrogen and oxygen atoms in total. The van der Waals surface area contributed by atoms with E-state index in [0.717, 1.165) is 60.6 Å². The summed E-state index contributed by atoms with van der Waals surface area (Å²) in [5.41, 5.74) is 21.5. The number of carbonyl (C=O) groups excluding carboxylic acids is 5. The van der Waals surface area contributed by atoms with Crippen molar-refractivity contribution in [2.45, 2.75) is 122 Å². The summed E-state index contributed by atoms with van der Waals surface area (Å²) in [7, 11) is 0. The number of alkyl halides is 3. The summed E-state index contributed by atoms with van der Waals surface area (Å²) < 4.78 is 7.85. The minimum absolute atomic E-state index is 0. The number of aromatic nitrogens is 6. The van der Waals surface area contributed by atoms with Crippen LogP contribution in [0.2, 0.25) is 0 Å². The van der Waals surface area contributed by atoms with E-state index < -0.39 is 17.1 Å². The Morgan fingerprint density at radius 1 is 0.452 bits per heavy atom. The second-order valence-electron chi connectivity index (χ2n) is 31.7. The van der Waals surface area contributed by atoms with Crippen molar-refractivity contribution in [2.75, 3.05) is 38.5 Å². The number of fused-ring (bicyclic) bond motifs is 1. The number of Topliss-reactive ketones (excluding diaryl/α,β-unsaturated/α-hetero) is 1. The minimum Gasteiger partial charge on any atom is -0.394 e. The Balaban J connectivity index is 0.000000359. The van der Waals surface area contributed by atoms with E-state index in [1.165, 1.54) is 25.0 Å². The molecule has 736 valence electrons. The molecule has 0 aliphatic rings. The summed E-state index contributed by atoms with van der Waals surface area (Å²) in [5, 5.41) is 37.4. The molecule has 4 unspecified atom stereocenters. The van der Waals surface area contributed by atoms with Crippen LogP contribution in [0.1, 0.15) is 180 Å². The molecule has 0 radical (unpaired) electrons. The van der Waals surface area contributed by atoms with Crippen LogP contribution in [0, 0.1) is 119 Å². The average molecular weight is 2150 g/mol. The highest BCUT2D eigenvalue weighted by atomic mass is 79.9. The molecule has 14 aromatic rings. The van der Waals surface area contributed by atoms with Crippen LogP contribution in [0.25, 0.3) is 56.3 Å². The predicted octanol–water partition coefficient (Wildman–Crippen LogP) is 29.5. The number of hydrogen-bond donors (Lipinski definition) is 3. The summed E-state index contributed by atoms with van der Waals surface area (Å²) in [6.07, 6.45) is 7.72. The number of nitrogens with two attached hydrogens (primary N) is 1. The smallest absolute Gasteiger partial charge is 0.298 e. The van der Waals surface area contributed by atoms with Crippen molar-refractivity contribution < 1.29 is 24.0 Å². The molecule has 0 saturated carbocycles. The number of benzene rings is 9. The highest BCUT2D eigenvalue weighted by Gasteiger charge is 2.34. The van der Waals surface area contributed by atoms with Gasteiger partial charge in [0.2, 0.25) is 17.1 Å². The molecule has 0 fully saturated rings. The van der Waals surface area contributed by atoms with E-state index in [4.69, 9.17) is 89.4 Å². The first-order chi connectivity index (χ1) is 69.7. The van der Waals surface area contributed by atoms with Crippen molar-refractivity contribution in [1.82, 2.24) is 28.2 Å². The number of nitrogens with one attached hydrogen (secondary N) is 2. The number of imide groups is 1. The Morgan fingerprint density at radius 2 is 0.788 bits per heavy atom. The summed E-state index contributed by atoms with van der Waals surface area (Å²) >= 11 is 14.7. The Kier molecular flexibility index (Phi) is 52.8. The Labute approximate surface area is 884 Å². The van der Waals surface area contributed by atoms with Gasteiger partial charge >= 0.3 is 0 Å². The number of nitriles is 4. The van der Waals surface area contributed by atoms with Crippen molar-refractivity contribution in [1.29, 1.82) is 21.0 Å². The van der Waals surface area contributed by atoms with Gasteiger partial charge in [-0.1, -0.05) is 318 Å². The van der Waals surface area contributed by atoms with Gasteiger partial charge < -0.3 is 43.9 Å². The van der Waals surface area contributed by atoms with Gasteiger partial charge in [0, 0.05) is 50.0 Å². The van der Waals surface area contributed by atoms with Crippen LogP contribution >= 0.6 is 59.4 Å². The largest absolute Gasteiger partial charge is 0.394 e. The lowest BCUT2D eigenvalue weighted by Gasteiger charge is -2.27. The van der Waals surface area contributed by atoms with E-state index in [2.05, 4.69) is 142 Å². The van der Waals surface area contributed by atoms with Crippen LogP contribution in [0.3, 0.4) is 0 Å². The number of amides is 3. The molecule has 5 heterocycles. The lowest BCUT2D eigenvalue weighted by Crippen LogP contribution is -2.39. The van der Waals surface area contributed by atoms with E-state index in [1.807, 2.05) is 243 Å². The van der Waals surface area contributed by atoms with E-state index >= 15 is 0 Å². The van der Waals surface area contributed by atoms with Crippen molar-refractivity contribution >= 4 is 134 Å². The summed E-state index contributed by atoms with van der Waals surface area (Å²) in [4.78, 5) is 104. The molecule has 0 spiro atoms. The Morgan fingerprint density at radius 3 is 1.10 bits per heavy atom. The van der Waals surface area contributed by atoms with Gasteiger partial charge in [-0.25, -0.2) is 61.3 Å². The summed E-state index contributed by atoms with van der Waals surface area (Å²) in [6, 6.07) is 92.1. The monoisotopic (exact) mass is 2150 g/mol. The van der Waals surface area contributed by atoms with Crippen LogP contribution in [0.15, 0.2) is 336 Å². The van der Waals surface area contributed by atoms with Crippen LogP contribution in [0.4, 0.5) is 34.5 Å². The molecular formula is C116H108Br3ClN20O6. The molecule has 5 aromatic heterocycles. The number of rotatable bonds is 18. The Hall–Kier alpha value is -17.7. The molecule has 0 bridgehead atoms. The second-order valence-corrected chi connectivity index (χ2v) is 33.7. The van der Waals surface area contributed by atoms with Crippen LogP contribution in [0.5, 0.6) is 0 Å². The molecular weight excluding hydrogens is 2040 g/mol. The summed E-state index contributed by atoms with van der Waals surface area (Å²) in [5.74, 6) is 0.957. The second kappa shape index (κ2) is 63.9. The molecule has 4 atom stereocenters. The predicted molar refractivity (Wildman–Crippen MR) is 594 cm³/mol. The number of aromatic amines is 1. The minimum atomic E-state index is -0.478. The van der Waals surface area contributed by atoms with Gasteiger partial charge in [-0.05, 0) is 191 Å². The highest BCUT2D eigenvalue weighted by molar-refractivity contribution is 9.10. The van der Waals surface area contributed by atoms with Crippen LogP contribution in [-0.2, 0) is 4.79 Å². The highest BCUT2D eigenvalue weighted by Crippen LogP contribution is 2.41. The van der Waals surface area contributed by atoms with Gasteiger partial charge in [-0.15, -0.1) is 0 Å². The molecule has 14 rings (SSSR count). The fraction of sp³-hybridized carbons (Fsp3) is 0.190. The molecule has 3 amide bonds. The molecule has 0 saturated heterocycles. The van der Waals surface area contributed by atoms with Gasteiger partial charge in [0.25, 0.3) is 52.2 Å². The fourth-order valence-electron chi connectivity index (χ4n) is 13.5. The van der Waals surface area contributed by atoms with Crippen LogP contribution < -0.4 is 21.5 Å². The number of ketones is 1. The van der Waals surface area contributed by atoms with Crippen molar-refractivity contribution in [3.05, 3.63) is 489 Å². The van der Waals surface area contributed by atoms with Gasteiger partial charge in [0.15, 0.2) is 0 Å². The van der Waals surface area contributed by atoms with Gasteiger partial charge in [0.1, 0.15) is 40.8 Å². The van der Waals surface area contributed by atoms with Crippen molar-refractivity contribution in [3.8, 4) is 35.7 Å². The third-order valence-corrected chi connectivity index (χ3v) is 23.5.